The van der Waals surface area contributed by atoms with E-state index in [1.165, 1.54) is 0 Å². The van der Waals surface area contributed by atoms with Crippen LogP contribution in [-0.4, -0.2) is 29.7 Å². The van der Waals surface area contributed by atoms with Crippen LogP contribution in [-0.2, 0) is 0 Å². The fourth-order valence-corrected chi connectivity index (χ4v) is 2.30. The minimum Gasteiger partial charge on any atom is -0.478 e. The number of rotatable bonds is 3. The Hall–Kier alpha value is -1.97. The van der Waals surface area contributed by atoms with E-state index in [9.17, 15) is 0 Å². The van der Waals surface area contributed by atoms with Gasteiger partial charge in [0.2, 0.25) is 5.88 Å². The average molecular weight is 243 g/mol. The molecule has 3 rings (SSSR count). The molecule has 0 saturated carbocycles. The van der Waals surface area contributed by atoms with Crippen LogP contribution in [0.3, 0.4) is 0 Å². The lowest BCUT2D eigenvalue weighted by Crippen LogP contribution is -2.26. The highest BCUT2D eigenvalue weighted by Gasteiger charge is 2.14. The number of nitrogens with one attached hydrogen (secondary N) is 1. The molecular weight excluding hydrogens is 226 g/mol. The molecule has 18 heavy (non-hydrogen) atoms. The van der Waals surface area contributed by atoms with Gasteiger partial charge in [0.15, 0.2) is 0 Å². The maximum atomic E-state index is 5.47. The zero-order valence-corrected chi connectivity index (χ0v) is 10.5. The molecule has 4 nitrogen and oxygen atoms in total. The molecule has 3 heterocycles. The van der Waals surface area contributed by atoms with Crippen molar-refractivity contribution in [1.29, 1.82) is 0 Å². The Bertz CT molecular complexity index is 573. The Balaban J connectivity index is 2.00. The molecule has 0 bridgehead atoms. The number of hydrogen-bond donors (Lipinski definition) is 1. The number of H-pyrrole nitrogens is 1. The number of anilines is 1. The number of hydrogen-bond acceptors (Lipinski definition) is 3. The van der Waals surface area contributed by atoms with Crippen LogP contribution >= 0.6 is 0 Å². The smallest absolute Gasteiger partial charge is 0.213 e. The Morgan fingerprint density at radius 1 is 1.39 bits per heavy atom. The summed E-state index contributed by atoms with van der Waals surface area (Å²) in [5.41, 5.74) is 3.22. The van der Waals surface area contributed by atoms with Crippen LogP contribution in [0.2, 0.25) is 0 Å². The van der Waals surface area contributed by atoms with Gasteiger partial charge >= 0.3 is 0 Å². The monoisotopic (exact) mass is 243 g/mol. The lowest BCUT2D eigenvalue weighted by molar-refractivity contribution is 0.328. The second kappa shape index (κ2) is 4.72. The third kappa shape index (κ3) is 1.94. The first-order chi connectivity index (χ1) is 8.88. The lowest BCUT2D eigenvalue weighted by Gasteiger charge is -2.24. The van der Waals surface area contributed by atoms with Gasteiger partial charge in [0.25, 0.3) is 0 Å². The average Bonchev–Trinajstić information content (AvgIpc) is 2.83. The third-order valence-electron chi connectivity index (χ3n) is 3.17. The number of aromatic amines is 1. The van der Waals surface area contributed by atoms with Crippen LogP contribution < -0.4 is 9.64 Å². The molecule has 0 unspecified atom stereocenters. The van der Waals surface area contributed by atoms with Crippen molar-refractivity contribution in [1.82, 2.24) is 9.97 Å². The molecule has 1 aliphatic heterocycles. The van der Waals surface area contributed by atoms with Gasteiger partial charge in [-0.25, -0.2) is 4.98 Å². The largest absolute Gasteiger partial charge is 0.478 e. The molecule has 1 N–H and O–H groups in total. The van der Waals surface area contributed by atoms with E-state index >= 15 is 0 Å². The second-order valence-electron chi connectivity index (χ2n) is 4.36. The SMILES string of the molecule is CCOc1ccc2[nH]cc(N3CC=CCC3)c2n1. The van der Waals surface area contributed by atoms with Gasteiger partial charge in [0, 0.05) is 25.4 Å². The third-order valence-corrected chi connectivity index (χ3v) is 3.17. The quantitative estimate of drug-likeness (QED) is 0.843. The summed E-state index contributed by atoms with van der Waals surface area (Å²) in [5, 5.41) is 0. The molecule has 0 aromatic carbocycles. The molecule has 2 aromatic rings. The molecule has 0 spiro atoms. The Morgan fingerprint density at radius 3 is 3.11 bits per heavy atom. The van der Waals surface area contributed by atoms with E-state index in [4.69, 9.17) is 4.74 Å². The zero-order valence-electron chi connectivity index (χ0n) is 10.5. The van der Waals surface area contributed by atoms with Gasteiger partial charge < -0.3 is 14.6 Å². The summed E-state index contributed by atoms with van der Waals surface area (Å²) in [6.45, 7) is 4.61. The summed E-state index contributed by atoms with van der Waals surface area (Å²) < 4.78 is 5.47. The van der Waals surface area contributed by atoms with E-state index in [2.05, 4.69) is 27.0 Å². The standard InChI is InChI=1S/C14H17N3O/c1-2-18-13-7-6-11-14(16-13)12(10-15-11)17-8-4-3-5-9-17/h3-4,6-7,10,15H,2,5,8-9H2,1H3. The van der Waals surface area contributed by atoms with Crippen LogP contribution in [0.4, 0.5) is 5.69 Å². The van der Waals surface area contributed by atoms with Gasteiger partial charge in [-0.15, -0.1) is 0 Å². The van der Waals surface area contributed by atoms with Crippen molar-refractivity contribution in [2.75, 3.05) is 24.6 Å². The second-order valence-corrected chi connectivity index (χ2v) is 4.36. The maximum Gasteiger partial charge on any atom is 0.213 e. The molecular formula is C14H17N3O. The fourth-order valence-electron chi connectivity index (χ4n) is 2.30. The van der Waals surface area contributed by atoms with E-state index in [0.29, 0.717) is 12.5 Å². The van der Waals surface area contributed by atoms with E-state index < -0.39 is 0 Å². The van der Waals surface area contributed by atoms with Gasteiger partial charge in [-0.05, 0) is 19.4 Å². The normalized spacial score (nSPS) is 15.3. The maximum absolute atomic E-state index is 5.47. The van der Waals surface area contributed by atoms with Gasteiger partial charge in [-0.3, -0.25) is 0 Å². The van der Waals surface area contributed by atoms with Crippen molar-refractivity contribution < 1.29 is 4.74 Å². The molecule has 0 fully saturated rings. The number of fused-ring (bicyclic) bond motifs is 1. The topological polar surface area (TPSA) is 41.1 Å². The minimum absolute atomic E-state index is 0.644. The molecule has 4 heteroatoms. The van der Waals surface area contributed by atoms with Crippen LogP contribution in [0.5, 0.6) is 5.88 Å². The van der Waals surface area contributed by atoms with E-state index in [1.807, 2.05) is 25.3 Å². The highest BCUT2D eigenvalue weighted by atomic mass is 16.5. The molecule has 0 radical (unpaired) electrons. The van der Waals surface area contributed by atoms with E-state index in [0.717, 1.165) is 36.2 Å². The Labute approximate surface area is 106 Å². The number of nitrogens with zero attached hydrogens (tertiary/aromatic N) is 2. The van der Waals surface area contributed by atoms with E-state index in [-0.39, 0.29) is 0 Å². The Kier molecular flexibility index (Phi) is 2.92. The van der Waals surface area contributed by atoms with Crippen LogP contribution in [0, 0.1) is 0 Å². The van der Waals surface area contributed by atoms with Crippen molar-refractivity contribution in [2.24, 2.45) is 0 Å². The van der Waals surface area contributed by atoms with Crippen molar-refractivity contribution in [3.05, 3.63) is 30.5 Å². The van der Waals surface area contributed by atoms with Crippen LogP contribution in [0.25, 0.3) is 11.0 Å². The van der Waals surface area contributed by atoms with Gasteiger partial charge in [-0.1, -0.05) is 12.2 Å². The van der Waals surface area contributed by atoms with Crippen molar-refractivity contribution in [3.8, 4) is 5.88 Å². The summed E-state index contributed by atoms with van der Waals surface area (Å²) in [4.78, 5) is 10.2. The summed E-state index contributed by atoms with van der Waals surface area (Å²) in [6.07, 6.45) is 7.56. The number of ether oxygens (including phenoxy) is 1. The summed E-state index contributed by atoms with van der Waals surface area (Å²) >= 11 is 0. The summed E-state index contributed by atoms with van der Waals surface area (Å²) in [5.74, 6) is 0.693. The highest BCUT2D eigenvalue weighted by molar-refractivity contribution is 5.89. The highest BCUT2D eigenvalue weighted by Crippen LogP contribution is 2.28. The van der Waals surface area contributed by atoms with Gasteiger partial charge in [0.1, 0.15) is 5.52 Å². The zero-order chi connectivity index (χ0) is 12.4. The summed E-state index contributed by atoms with van der Waals surface area (Å²) in [7, 11) is 0. The minimum atomic E-state index is 0.644. The predicted octanol–water partition coefficient (Wildman–Crippen LogP) is 2.73. The fraction of sp³-hybridized carbons (Fsp3) is 0.357. The number of pyridine rings is 1. The lowest BCUT2D eigenvalue weighted by atomic mass is 10.2. The van der Waals surface area contributed by atoms with Crippen molar-refractivity contribution in [3.63, 3.8) is 0 Å². The first-order valence-corrected chi connectivity index (χ1v) is 6.39. The number of aromatic nitrogens is 2. The predicted molar refractivity (Wildman–Crippen MR) is 73.2 cm³/mol. The van der Waals surface area contributed by atoms with Crippen molar-refractivity contribution in [2.45, 2.75) is 13.3 Å². The molecule has 0 atom stereocenters. The molecule has 2 aromatic heterocycles. The van der Waals surface area contributed by atoms with Crippen LogP contribution in [0.1, 0.15) is 13.3 Å². The molecule has 0 aliphatic carbocycles. The van der Waals surface area contributed by atoms with E-state index in [1.54, 1.807) is 0 Å². The summed E-state index contributed by atoms with van der Waals surface area (Å²) in [6, 6.07) is 3.93. The molecule has 0 amide bonds. The van der Waals surface area contributed by atoms with Crippen LogP contribution in [0.15, 0.2) is 30.5 Å². The first-order valence-electron chi connectivity index (χ1n) is 6.39. The first kappa shape index (κ1) is 11.1. The van der Waals surface area contributed by atoms with Crippen molar-refractivity contribution >= 4 is 16.7 Å². The molecule has 0 saturated heterocycles. The van der Waals surface area contributed by atoms with Gasteiger partial charge in [-0.2, -0.15) is 0 Å². The Morgan fingerprint density at radius 2 is 2.33 bits per heavy atom. The molecule has 1 aliphatic rings. The molecule has 94 valence electrons. The van der Waals surface area contributed by atoms with Gasteiger partial charge in [0.05, 0.1) is 17.8 Å².